The van der Waals surface area contributed by atoms with E-state index >= 15 is 0 Å². The van der Waals surface area contributed by atoms with E-state index in [1.807, 2.05) is 0 Å². The Morgan fingerprint density at radius 2 is 2.40 bits per heavy atom. The lowest BCUT2D eigenvalue weighted by Crippen LogP contribution is -2.25. The topological polar surface area (TPSA) is 60.5 Å². The number of hydroxylamine groups is 1. The maximum atomic E-state index is 11.4. The molecule has 1 N–H and O–H groups in total. The number of methoxy groups -OCH3 is 1. The Kier molecular flexibility index (Phi) is 5.03. The van der Waals surface area contributed by atoms with Crippen LogP contribution < -0.4 is 5.48 Å². The number of rotatable bonds is 5. The number of carbonyl (C=O) groups excluding carboxylic acids is 1. The average Bonchev–Trinajstić information content (AvgIpc) is 2.25. The van der Waals surface area contributed by atoms with Crippen molar-refractivity contribution in [2.75, 3.05) is 20.3 Å². The quantitative estimate of drug-likeness (QED) is 0.607. The number of hydrogen-bond donors (Lipinski definition) is 1. The van der Waals surface area contributed by atoms with Gasteiger partial charge in [-0.15, -0.1) is 0 Å². The molecule has 1 rings (SSSR count). The van der Waals surface area contributed by atoms with Gasteiger partial charge in [0.15, 0.2) is 0 Å². The zero-order valence-electron chi connectivity index (χ0n) is 8.20. The van der Waals surface area contributed by atoms with E-state index in [4.69, 9.17) is 21.2 Å². The van der Waals surface area contributed by atoms with Crippen LogP contribution in [-0.2, 0) is 9.57 Å². The summed E-state index contributed by atoms with van der Waals surface area (Å²) in [5, 5.41) is 0.331. The molecule has 82 valence electrons. The van der Waals surface area contributed by atoms with Gasteiger partial charge < -0.3 is 4.74 Å². The Balaban J connectivity index is 2.44. The molecule has 6 heteroatoms. The number of nitrogens with one attached hydrogen (secondary N) is 1. The van der Waals surface area contributed by atoms with Crippen molar-refractivity contribution >= 4 is 17.5 Å². The van der Waals surface area contributed by atoms with E-state index in [1.54, 1.807) is 7.11 Å². The van der Waals surface area contributed by atoms with Gasteiger partial charge in [0.05, 0.1) is 23.8 Å². The lowest BCUT2D eigenvalue weighted by atomic mass is 10.3. The molecule has 0 unspecified atom stereocenters. The molecule has 1 heterocycles. The average molecular weight is 231 g/mol. The summed E-state index contributed by atoms with van der Waals surface area (Å²) >= 11 is 5.78. The van der Waals surface area contributed by atoms with Crippen LogP contribution in [0.1, 0.15) is 10.4 Å². The summed E-state index contributed by atoms with van der Waals surface area (Å²) in [4.78, 5) is 20.0. The molecule has 0 aliphatic heterocycles. The van der Waals surface area contributed by atoms with Crippen LogP contribution in [0.4, 0.5) is 0 Å². The summed E-state index contributed by atoms with van der Waals surface area (Å²) < 4.78 is 4.74. The van der Waals surface area contributed by atoms with E-state index in [1.165, 1.54) is 18.5 Å². The van der Waals surface area contributed by atoms with Crippen LogP contribution in [0, 0.1) is 0 Å². The van der Waals surface area contributed by atoms with Crippen LogP contribution in [0.25, 0.3) is 0 Å². The van der Waals surface area contributed by atoms with Gasteiger partial charge in [0.25, 0.3) is 5.91 Å². The Morgan fingerprint density at radius 3 is 3.07 bits per heavy atom. The lowest BCUT2D eigenvalue weighted by Gasteiger charge is -2.05. The Bertz CT molecular complexity index is 333. The van der Waals surface area contributed by atoms with E-state index < -0.39 is 5.91 Å². The molecule has 1 aromatic heterocycles. The van der Waals surface area contributed by atoms with Crippen LogP contribution in [-0.4, -0.2) is 31.2 Å². The Morgan fingerprint density at radius 1 is 1.60 bits per heavy atom. The number of halogens is 1. The molecule has 0 radical (unpaired) electrons. The highest BCUT2D eigenvalue weighted by molar-refractivity contribution is 6.33. The molecule has 5 nitrogen and oxygen atoms in total. The molecule has 0 aromatic carbocycles. The smallest absolute Gasteiger partial charge is 0.277 e. The normalized spacial score (nSPS) is 10.0. The molecule has 0 saturated carbocycles. The SMILES string of the molecule is COCCONC(=O)c1cnccc1Cl. The fourth-order valence-corrected chi connectivity index (χ4v) is 1.03. The predicted molar refractivity (Wildman–Crippen MR) is 54.5 cm³/mol. The molecule has 1 amide bonds. The molecular formula is C9H11ClN2O3. The van der Waals surface area contributed by atoms with Crippen molar-refractivity contribution in [3.63, 3.8) is 0 Å². The third-order valence-corrected chi connectivity index (χ3v) is 1.90. The monoisotopic (exact) mass is 230 g/mol. The maximum Gasteiger partial charge on any atom is 0.277 e. The van der Waals surface area contributed by atoms with E-state index in [2.05, 4.69) is 10.5 Å². The van der Waals surface area contributed by atoms with Crippen LogP contribution in [0.3, 0.4) is 0 Å². The zero-order valence-corrected chi connectivity index (χ0v) is 8.95. The third kappa shape index (κ3) is 3.83. The summed E-state index contributed by atoms with van der Waals surface area (Å²) in [7, 11) is 1.54. The summed E-state index contributed by atoms with van der Waals surface area (Å²) in [5.41, 5.74) is 2.51. The number of nitrogens with zero attached hydrogens (tertiary/aromatic N) is 1. The van der Waals surface area contributed by atoms with E-state index in [0.717, 1.165) is 0 Å². The van der Waals surface area contributed by atoms with Gasteiger partial charge in [-0.2, -0.15) is 0 Å². The van der Waals surface area contributed by atoms with Gasteiger partial charge in [-0.25, -0.2) is 5.48 Å². The number of aromatic nitrogens is 1. The highest BCUT2D eigenvalue weighted by Crippen LogP contribution is 2.12. The summed E-state index contributed by atoms with van der Waals surface area (Å²) in [6.45, 7) is 0.682. The second-order valence-electron chi connectivity index (χ2n) is 2.63. The van der Waals surface area contributed by atoms with Crippen molar-refractivity contribution < 1.29 is 14.4 Å². The first-order valence-electron chi connectivity index (χ1n) is 4.26. The summed E-state index contributed by atoms with van der Waals surface area (Å²) in [6.07, 6.45) is 2.88. The highest BCUT2D eigenvalue weighted by atomic mass is 35.5. The van der Waals surface area contributed by atoms with Crippen molar-refractivity contribution in [1.29, 1.82) is 0 Å². The van der Waals surface area contributed by atoms with E-state index in [0.29, 0.717) is 11.6 Å². The second kappa shape index (κ2) is 6.34. The minimum atomic E-state index is -0.427. The molecule has 1 aromatic rings. The van der Waals surface area contributed by atoms with Crippen molar-refractivity contribution in [2.24, 2.45) is 0 Å². The Labute approximate surface area is 92.3 Å². The molecule has 0 atom stereocenters. The number of pyridine rings is 1. The molecule has 0 bridgehead atoms. The van der Waals surface area contributed by atoms with Crippen LogP contribution in [0.15, 0.2) is 18.5 Å². The van der Waals surface area contributed by atoms with E-state index in [-0.39, 0.29) is 12.2 Å². The van der Waals surface area contributed by atoms with Gasteiger partial charge in [-0.1, -0.05) is 11.6 Å². The number of amides is 1. The fraction of sp³-hybridized carbons (Fsp3) is 0.333. The van der Waals surface area contributed by atoms with Crippen molar-refractivity contribution in [3.05, 3.63) is 29.0 Å². The van der Waals surface area contributed by atoms with Crippen LogP contribution >= 0.6 is 11.6 Å². The number of hydrogen-bond acceptors (Lipinski definition) is 4. The van der Waals surface area contributed by atoms with Crippen LogP contribution in [0.2, 0.25) is 5.02 Å². The molecule has 0 fully saturated rings. The summed E-state index contributed by atoms with van der Waals surface area (Å²) in [5.74, 6) is -0.427. The molecule has 0 saturated heterocycles. The van der Waals surface area contributed by atoms with Crippen molar-refractivity contribution in [1.82, 2.24) is 10.5 Å². The maximum absolute atomic E-state index is 11.4. The Hall–Kier alpha value is -1.17. The first-order valence-corrected chi connectivity index (χ1v) is 4.64. The highest BCUT2D eigenvalue weighted by Gasteiger charge is 2.09. The van der Waals surface area contributed by atoms with E-state index in [9.17, 15) is 4.79 Å². The first-order chi connectivity index (χ1) is 7.25. The number of ether oxygens (including phenoxy) is 1. The van der Waals surface area contributed by atoms with Gasteiger partial charge in [0.2, 0.25) is 0 Å². The standard InChI is InChI=1S/C9H11ClN2O3/c1-14-4-5-15-12-9(13)7-6-11-3-2-8(7)10/h2-3,6H,4-5H2,1H3,(H,12,13). The molecule has 0 spiro atoms. The van der Waals surface area contributed by atoms with Gasteiger partial charge in [0.1, 0.15) is 0 Å². The zero-order chi connectivity index (χ0) is 11.1. The van der Waals surface area contributed by atoms with Gasteiger partial charge in [0, 0.05) is 19.5 Å². The fourth-order valence-electron chi connectivity index (χ4n) is 0.841. The second-order valence-corrected chi connectivity index (χ2v) is 3.04. The predicted octanol–water partition coefficient (Wildman–Crippen LogP) is 1.04. The summed E-state index contributed by atoms with van der Waals surface area (Å²) in [6, 6.07) is 1.53. The lowest BCUT2D eigenvalue weighted by molar-refractivity contribution is 0.00887. The number of carbonyl (C=O) groups is 1. The van der Waals surface area contributed by atoms with Gasteiger partial charge >= 0.3 is 0 Å². The van der Waals surface area contributed by atoms with Gasteiger partial charge in [-0.3, -0.25) is 14.6 Å². The first kappa shape index (κ1) is 11.9. The minimum Gasteiger partial charge on any atom is -0.382 e. The molecule has 15 heavy (non-hydrogen) atoms. The van der Waals surface area contributed by atoms with Crippen molar-refractivity contribution in [2.45, 2.75) is 0 Å². The van der Waals surface area contributed by atoms with Crippen LogP contribution in [0.5, 0.6) is 0 Å². The molecule has 0 aliphatic rings. The van der Waals surface area contributed by atoms with Gasteiger partial charge in [-0.05, 0) is 6.07 Å². The largest absolute Gasteiger partial charge is 0.382 e. The third-order valence-electron chi connectivity index (χ3n) is 1.57. The van der Waals surface area contributed by atoms with Crippen molar-refractivity contribution in [3.8, 4) is 0 Å². The minimum absolute atomic E-state index is 0.275. The molecule has 0 aliphatic carbocycles. The molecular weight excluding hydrogens is 220 g/mol.